The van der Waals surface area contributed by atoms with Crippen molar-refractivity contribution in [1.82, 2.24) is 5.32 Å². The van der Waals surface area contributed by atoms with Crippen molar-refractivity contribution in [1.29, 1.82) is 0 Å². The lowest BCUT2D eigenvalue weighted by atomic mass is 10.0. The fourth-order valence-corrected chi connectivity index (χ4v) is 1.92. The van der Waals surface area contributed by atoms with Crippen molar-refractivity contribution in [2.75, 3.05) is 11.9 Å². The van der Waals surface area contributed by atoms with Crippen molar-refractivity contribution in [3.8, 4) is 5.75 Å². The molecule has 0 saturated carbocycles. The highest BCUT2D eigenvalue weighted by atomic mass is 16.5. The van der Waals surface area contributed by atoms with E-state index in [1.165, 1.54) is 0 Å². The van der Waals surface area contributed by atoms with Gasteiger partial charge < -0.3 is 20.5 Å². The molecule has 0 radical (unpaired) electrons. The van der Waals surface area contributed by atoms with E-state index in [-0.39, 0.29) is 5.91 Å². The van der Waals surface area contributed by atoms with Crippen LogP contribution in [0.1, 0.15) is 13.8 Å². The topological polar surface area (TPSA) is 87.7 Å². The number of ether oxygens (including phenoxy) is 1. The van der Waals surface area contributed by atoms with E-state index in [1.54, 1.807) is 19.9 Å². The lowest BCUT2D eigenvalue weighted by molar-refractivity contribution is -0.142. The molecule has 6 heteroatoms. The van der Waals surface area contributed by atoms with E-state index in [0.29, 0.717) is 12.3 Å². The monoisotopic (exact) mass is 278 g/mol. The fourth-order valence-electron chi connectivity index (χ4n) is 1.92. The highest BCUT2D eigenvalue weighted by Gasteiger charge is 2.29. The largest absolute Gasteiger partial charge is 0.481 e. The maximum absolute atomic E-state index is 12.1. The van der Waals surface area contributed by atoms with Crippen LogP contribution in [0, 0.1) is 5.92 Å². The number of hydrogen-bond donors (Lipinski definition) is 3. The van der Waals surface area contributed by atoms with Crippen LogP contribution in [-0.4, -0.2) is 35.7 Å². The Balaban J connectivity index is 1.96. The van der Waals surface area contributed by atoms with Crippen LogP contribution in [0.5, 0.6) is 5.75 Å². The zero-order chi connectivity index (χ0) is 14.7. The van der Waals surface area contributed by atoms with Crippen molar-refractivity contribution >= 4 is 17.6 Å². The van der Waals surface area contributed by atoms with E-state index >= 15 is 0 Å². The van der Waals surface area contributed by atoms with Crippen LogP contribution in [0.4, 0.5) is 5.69 Å². The van der Waals surface area contributed by atoms with Gasteiger partial charge in [0.1, 0.15) is 5.75 Å². The molecule has 0 aromatic heterocycles. The molecule has 0 spiro atoms. The van der Waals surface area contributed by atoms with Crippen LogP contribution in [-0.2, 0) is 9.59 Å². The van der Waals surface area contributed by atoms with E-state index in [9.17, 15) is 9.59 Å². The number of benzene rings is 1. The Morgan fingerprint density at radius 3 is 2.80 bits per heavy atom. The van der Waals surface area contributed by atoms with Gasteiger partial charge in [0.05, 0.1) is 18.2 Å². The number of carbonyl (C=O) groups is 2. The van der Waals surface area contributed by atoms with Gasteiger partial charge in [0, 0.05) is 6.04 Å². The second kappa shape index (κ2) is 5.81. The van der Waals surface area contributed by atoms with Crippen molar-refractivity contribution in [2.45, 2.75) is 26.0 Å². The molecule has 1 heterocycles. The first kappa shape index (κ1) is 14.2. The van der Waals surface area contributed by atoms with Crippen molar-refractivity contribution in [3.63, 3.8) is 0 Å². The molecular formula is C14H18N2O4. The summed E-state index contributed by atoms with van der Waals surface area (Å²) < 4.78 is 5.61. The minimum Gasteiger partial charge on any atom is -0.481 e. The number of fused-ring (bicyclic) bond motifs is 1. The number of amides is 1. The summed E-state index contributed by atoms with van der Waals surface area (Å²) in [5.41, 5.74) is 0.850. The van der Waals surface area contributed by atoms with Crippen LogP contribution in [0.3, 0.4) is 0 Å². The molecule has 0 fully saturated rings. The summed E-state index contributed by atoms with van der Waals surface area (Å²) in [6, 6.07) is 6.91. The average Bonchev–Trinajstić information content (AvgIpc) is 2.45. The summed E-state index contributed by atoms with van der Waals surface area (Å²) >= 11 is 0. The second-order valence-electron chi connectivity index (χ2n) is 4.91. The molecule has 1 aliphatic heterocycles. The molecule has 0 aliphatic carbocycles. The quantitative estimate of drug-likeness (QED) is 0.767. The van der Waals surface area contributed by atoms with Gasteiger partial charge in [-0.1, -0.05) is 12.1 Å². The number of para-hydroxylation sites is 2. The van der Waals surface area contributed by atoms with Crippen LogP contribution in [0.25, 0.3) is 0 Å². The van der Waals surface area contributed by atoms with Gasteiger partial charge in [-0.15, -0.1) is 0 Å². The first-order valence-corrected chi connectivity index (χ1v) is 6.51. The third-order valence-corrected chi connectivity index (χ3v) is 3.44. The van der Waals surface area contributed by atoms with Crippen molar-refractivity contribution in [2.24, 2.45) is 5.92 Å². The number of anilines is 1. The highest BCUT2D eigenvalue weighted by Crippen LogP contribution is 2.28. The van der Waals surface area contributed by atoms with Gasteiger partial charge in [0.2, 0.25) is 0 Å². The molecule has 0 bridgehead atoms. The SMILES string of the molecule is CC(NC(=O)C1CNc2ccccc2O1)C(C)C(=O)O. The van der Waals surface area contributed by atoms with Gasteiger partial charge in [0.25, 0.3) is 5.91 Å². The van der Waals surface area contributed by atoms with E-state index in [2.05, 4.69) is 10.6 Å². The Bertz CT molecular complexity index is 518. The first-order chi connectivity index (χ1) is 9.49. The highest BCUT2D eigenvalue weighted by molar-refractivity contribution is 5.84. The maximum atomic E-state index is 12.1. The molecule has 20 heavy (non-hydrogen) atoms. The molecule has 1 aliphatic rings. The normalized spacial score (nSPS) is 19.8. The minimum absolute atomic E-state index is 0.312. The second-order valence-corrected chi connectivity index (χ2v) is 4.91. The predicted octanol–water partition coefficient (Wildman–Crippen LogP) is 1.08. The molecule has 1 aromatic carbocycles. The Hall–Kier alpha value is -2.24. The number of aliphatic carboxylic acids is 1. The Morgan fingerprint density at radius 2 is 2.10 bits per heavy atom. The van der Waals surface area contributed by atoms with E-state index in [4.69, 9.17) is 9.84 Å². The molecule has 1 aromatic rings. The van der Waals surface area contributed by atoms with Crippen LogP contribution in [0.2, 0.25) is 0 Å². The van der Waals surface area contributed by atoms with Gasteiger partial charge in [-0.3, -0.25) is 9.59 Å². The summed E-state index contributed by atoms with van der Waals surface area (Å²) in [4.78, 5) is 22.9. The first-order valence-electron chi connectivity index (χ1n) is 6.51. The molecule has 3 unspecified atom stereocenters. The molecule has 3 atom stereocenters. The molecule has 3 N–H and O–H groups in total. The smallest absolute Gasteiger partial charge is 0.308 e. The van der Waals surface area contributed by atoms with Gasteiger partial charge in [0.15, 0.2) is 6.10 Å². The van der Waals surface area contributed by atoms with E-state index in [0.717, 1.165) is 5.69 Å². The predicted molar refractivity (Wildman–Crippen MR) is 73.8 cm³/mol. The Kier molecular flexibility index (Phi) is 4.12. The minimum atomic E-state index is -0.939. The summed E-state index contributed by atoms with van der Waals surface area (Å²) in [7, 11) is 0. The number of carboxylic acids is 1. The molecule has 2 rings (SSSR count). The number of nitrogens with one attached hydrogen (secondary N) is 2. The van der Waals surface area contributed by atoms with Crippen molar-refractivity contribution < 1.29 is 19.4 Å². The van der Waals surface area contributed by atoms with E-state index < -0.39 is 24.0 Å². The third-order valence-electron chi connectivity index (χ3n) is 3.44. The Morgan fingerprint density at radius 1 is 1.40 bits per heavy atom. The zero-order valence-electron chi connectivity index (χ0n) is 11.4. The standard InChI is InChI=1S/C14H18N2O4/c1-8(14(18)19)9(2)16-13(17)12-7-15-10-5-3-4-6-11(10)20-12/h3-6,8-9,12,15H,7H2,1-2H3,(H,16,17)(H,18,19). The number of hydrogen-bond acceptors (Lipinski definition) is 4. The Labute approximate surface area is 117 Å². The summed E-state index contributed by atoms with van der Waals surface area (Å²) in [5, 5.41) is 14.7. The number of rotatable bonds is 4. The molecule has 108 valence electrons. The van der Waals surface area contributed by atoms with Gasteiger partial charge in [-0.2, -0.15) is 0 Å². The van der Waals surface area contributed by atoms with Crippen LogP contribution in [0.15, 0.2) is 24.3 Å². The zero-order valence-corrected chi connectivity index (χ0v) is 11.4. The molecule has 0 saturated heterocycles. The van der Waals surface area contributed by atoms with E-state index in [1.807, 2.05) is 18.2 Å². The van der Waals surface area contributed by atoms with Gasteiger partial charge in [-0.05, 0) is 26.0 Å². The maximum Gasteiger partial charge on any atom is 0.308 e. The fraction of sp³-hybridized carbons (Fsp3) is 0.429. The summed E-state index contributed by atoms with van der Waals surface area (Å²) in [6.45, 7) is 3.58. The van der Waals surface area contributed by atoms with Gasteiger partial charge >= 0.3 is 5.97 Å². The number of carbonyl (C=O) groups excluding carboxylic acids is 1. The van der Waals surface area contributed by atoms with Crippen LogP contribution < -0.4 is 15.4 Å². The third kappa shape index (κ3) is 3.01. The average molecular weight is 278 g/mol. The lowest BCUT2D eigenvalue weighted by Gasteiger charge is -2.28. The summed E-state index contributed by atoms with van der Waals surface area (Å²) in [5.74, 6) is -1.28. The lowest BCUT2D eigenvalue weighted by Crippen LogP contribution is -2.49. The number of carboxylic acid groups (broad SMARTS) is 1. The van der Waals surface area contributed by atoms with Crippen LogP contribution >= 0.6 is 0 Å². The van der Waals surface area contributed by atoms with Crippen molar-refractivity contribution in [3.05, 3.63) is 24.3 Å². The molecule has 6 nitrogen and oxygen atoms in total. The molecule has 1 amide bonds. The van der Waals surface area contributed by atoms with Gasteiger partial charge in [-0.25, -0.2) is 0 Å². The molecular weight excluding hydrogens is 260 g/mol. The summed E-state index contributed by atoms with van der Waals surface area (Å²) in [6.07, 6.45) is -0.659.